The third kappa shape index (κ3) is 3.48. The second-order valence-electron chi connectivity index (χ2n) is 7.62. The molecule has 9 heteroatoms. The van der Waals surface area contributed by atoms with Gasteiger partial charge in [-0.05, 0) is 41.4 Å². The average molecular weight is 484 g/mol. The van der Waals surface area contributed by atoms with Crippen LogP contribution in [0.15, 0.2) is 50.7 Å². The van der Waals surface area contributed by atoms with Gasteiger partial charge in [0.05, 0.1) is 6.54 Å². The lowest BCUT2D eigenvalue weighted by Crippen LogP contribution is -2.37. The van der Waals surface area contributed by atoms with Crippen LogP contribution in [0.5, 0.6) is 0 Å². The summed E-state index contributed by atoms with van der Waals surface area (Å²) in [5.74, 6) is -0.125. The largest absolute Gasteiger partial charge is 0.344 e. The number of halogens is 1. The zero-order valence-corrected chi connectivity index (χ0v) is 19.3. The van der Waals surface area contributed by atoms with Gasteiger partial charge in [0, 0.05) is 37.6 Å². The minimum Gasteiger partial charge on any atom is -0.344 e. The lowest BCUT2D eigenvalue weighted by Gasteiger charge is -2.11. The van der Waals surface area contributed by atoms with Gasteiger partial charge in [-0.25, -0.2) is 9.78 Å². The second kappa shape index (κ2) is 7.81. The van der Waals surface area contributed by atoms with Crippen molar-refractivity contribution in [3.8, 4) is 0 Å². The molecule has 0 atom stereocenters. The molecule has 8 nitrogen and oxygen atoms in total. The molecule has 0 unspecified atom stereocenters. The van der Waals surface area contributed by atoms with Crippen molar-refractivity contribution in [2.24, 2.45) is 14.1 Å². The molecule has 0 radical (unpaired) electrons. The van der Waals surface area contributed by atoms with Gasteiger partial charge in [0.2, 0.25) is 0 Å². The number of benzene rings is 1. The van der Waals surface area contributed by atoms with Crippen LogP contribution in [0.3, 0.4) is 0 Å². The number of carbonyl (C=O) groups is 1. The van der Waals surface area contributed by atoms with Gasteiger partial charge >= 0.3 is 5.69 Å². The Morgan fingerprint density at radius 2 is 1.71 bits per heavy atom. The molecule has 0 aliphatic rings. The van der Waals surface area contributed by atoms with E-state index >= 15 is 0 Å². The van der Waals surface area contributed by atoms with Crippen LogP contribution in [-0.4, -0.2) is 29.0 Å². The van der Waals surface area contributed by atoms with Crippen LogP contribution in [0.2, 0.25) is 0 Å². The molecule has 1 aromatic carbocycles. The number of imidazole rings is 1. The Bertz CT molecular complexity index is 1440. The highest BCUT2D eigenvalue weighted by molar-refractivity contribution is 9.10. The summed E-state index contributed by atoms with van der Waals surface area (Å²) in [7, 11) is 2.97. The van der Waals surface area contributed by atoms with E-state index in [1.807, 2.05) is 38.1 Å². The van der Waals surface area contributed by atoms with Crippen LogP contribution < -0.4 is 11.2 Å². The summed E-state index contributed by atoms with van der Waals surface area (Å²) < 4.78 is 6.33. The van der Waals surface area contributed by atoms with E-state index in [4.69, 9.17) is 0 Å². The Labute approximate surface area is 186 Å². The first-order chi connectivity index (χ1) is 14.7. The van der Waals surface area contributed by atoms with Crippen molar-refractivity contribution in [2.45, 2.75) is 26.9 Å². The molecule has 0 fully saturated rings. The standard InChI is InChI=1S/C22H22BrN5O3/c1-13-10-16(14(2)27(13)11-15-8-6-5-7-9-15)17(29)12-28-19-18(24-21(28)23)20(30)26(4)22(31)25(19)3/h5-10H,11-12H2,1-4H3. The first-order valence-corrected chi connectivity index (χ1v) is 10.6. The van der Waals surface area contributed by atoms with Crippen molar-refractivity contribution < 1.29 is 4.79 Å². The monoisotopic (exact) mass is 483 g/mol. The third-order valence-electron chi connectivity index (χ3n) is 5.65. The number of ketones is 1. The van der Waals surface area contributed by atoms with Crippen LogP contribution in [0.1, 0.15) is 27.3 Å². The van der Waals surface area contributed by atoms with Crippen molar-refractivity contribution in [2.75, 3.05) is 0 Å². The third-order valence-corrected chi connectivity index (χ3v) is 6.26. The van der Waals surface area contributed by atoms with Gasteiger partial charge in [-0.1, -0.05) is 30.3 Å². The van der Waals surface area contributed by atoms with Crippen LogP contribution in [0.4, 0.5) is 0 Å². The van der Waals surface area contributed by atoms with Gasteiger partial charge < -0.3 is 4.57 Å². The fraction of sp³-hybridized carbons (Fsp3) is 0.273. The number of rotatable bonds is 5. The van der Waals surface area contributed by atoms with Gasteiger partial charge in [0.15, 0.2) is 21.7 Å². The van der Waals surface area contributed by atoms with Crippen LogP contribution in [-0.2, 0) is 27.2 Å². The highest BCUT2D eigenvalue weighted by Crippen LogP contribution is 2.21. The molecule has 0 saturated heterocycles. The molecule has 4 aromatic rings. The summed E-state index contributed by atoms with van der Waals surface area (Å²) in [4.78, 5) is 42.3. The minimum atomic E-state index is -0.494. The molecule has 0 aliphatic heterocycles. The molecule has 0 aliphatic carbocycles. The second-order valence-corrected chi connectivity index (χ2v) is 8.33. The average Bonchev–Trinajstić information content (AvgIpc) is 3.23. The van der Waals surface area contributed by atoms with E-state index in [9.17, 15) is 14.4 Å². The topological polar surface area (TPSA) is 83.8 Å². The van der Waals surface area contributed by atoms with E-state index in [1.165, 1.54) is 11.6 Å². The van der Waals surface area contributed by atoms with Crippen molar-refractivity contribution in [3.05, 3.63) is 84.5 Å². The normalized spacial score (nSPS) is 11.4. The molecule has 160 valence electrons. The Morgan fingerprint density at radius 3 is 2.39 bits per heavy atom. The Morgan fingerprint density at radius 1 is 1.03 bits per heavy atom. The molecule has 0 amide bonds. The predicted octanol–water partition coefficient (Wildman–Crippen LogP) is 2.55. The highest BCUT2D eigenvalue weighted by atomic mass is 79.9. The molecular weight excluding hydrogens is 462 g/mol. The van der Waals surface area contributed by atoms with Crippen molar-refractivity contribution in [3.63, 3.8) is 0 Å². The van der Waals surface area contributed by atoms with Gasteiger partial charge in [-0.15, -0.1) is 0 Å². The molecule has 0 spiro atoms. The summed E-state index contributed by atoms with van der Waals surface area (Å²) in [6, 6.07) is 11.9. The van der Waals surface area contributed by atoms with Crippen molar-refractivity contribution in [1.82, 2.24) is 23.3 Å². The first-order valence-electron chi connectivity index (χ1n) is 9.76. The van der Waals surface area contributed by atoms with Gasteiger partial charge in [-0.2, -0.15) is 0 Å². The molecule has 0 saturated carbocycles. The van der Waals surface area contributed by atoms with Crippen LogP contribution in [0.25, 0.3) is 11.2 Å². The highest BCUT2D eigenvalue weighted by Gasteiger charge is 2.22. The van der Waals surface area contributed by atoms with Gasteiger partial charge in [-0.3, -0.25) is 23.3 Å². The number of Topliss-reactive ketones (excluding diaryl/α,β-unsaturated/α-hetero) is 1. The molecule has 3 aromatic heterocycles. The maximum atomic E-state index is 13.2. The van der Waals surface area contributed by atoms with E-state index in [2.05, 4.69) is 37.6 Å². The predicted molar refractivity (Wildman–Crippen MR) is 122 cm³/mol. The Hall–Kier alpha value is -3.20. The molecule has 0 bridgehead atoms. The Kier molecular flexibility index (Phi) is 5.30. The maximum absolute atomic E-state index is 13.2. The summed E-state index contributed by atoms with van der Waals surface area (Å²) in [5.41, 5.74) is 3.10. The SMILES string of the molecule is Cc1cc(C(=O)Cn2c(Br)nc3c(=O)n(C)c(=O)n(C)c32)c(C)n1Cc1ccccc1. The molecular formula is C22H22BrN5O3. The number of carbonyl (C=O) groups excluding carboxylic acids is 1. The first kappa shape index (κ1) is 21.0. The quantitative estimate of drug-likeness (QED) is 0.322. The number of aryl methyl sites for hydroxylation is 2. The lowest BCUT2D eigenvalue weighted by atomic mass is 10.1. The summed E-state index contributed by atoms with van der Waals surface area (Å²) in [5, 5.41) is 0. The number of nitrogens with zero attached hydrogens (tertiary/aromatic N) is 5. The number of fused-ring (bicyclic) bond motifs is 1. The van der Waals surface area contributed by atoms with E-state index < -0.39 is 11.2 Å². The number of aromatic nitrogens is 5. The van der Waals surface area contributed by atoms with E-state index in [0.29, 0.717) is 22.5 Å². The molecule has 0 N–H and O–H groups in total. The van der Waals surface area contributed by atoms with Gasteiger partial charge in [0.1, 0.15) is 0 Å². The van der Waals surface area contributed by atoms with E-state index in [1.54, 1.807) is 11.6 Å². The molecule has 3 heterocycles. The van der Waals surface area contributed by atoms with Gasteiger partial charge in [0.25, 0.3) is 5.56 Å². The smallest absolute Gasteiger partial charge is 0.332 e. The van der Waals surface area contributed by atoms with E-state index in [-0.39, 0.29) is 17.8 Å². The van der Waals surface area contributed by atoms with E-state index in [0.717, 1.165) is 21.5 Å². The zero-order chi connectivity index (χ0) is 22.4. The number of hydrogen-bond donors (Lipinski definition) is 0. The molecule has 31 heavy (non-hydrogen) atoms. The maximum Gasteiger partial charge on any atom is 0.332 e. The Balaban J connectivity index is 1.74. The van der Waals surface area contributed by atoms with Crippen LogP contribution >= 0.6 is 15.9 Å². The summed E-state index contributed by atoms with van der Waals surface area (Å²) in [6.07, 6.45) is 0. The minimum absolute atomic E-state index is 0.0485. The lowest BCUT2D eigenvalue weighted by molar-refractivity contribution is 0.0971. The summed E-state index contributed by atoms with van der Waals surface area (Å²) in [6.45, 7) is 4.53. The van der Waals surface area contributed by atoms with Crippen molar-refractivity contribution in [1.29, 1.82) is 0 Å². The number of hydrogen-bond acceptors (Lipinski definition) is 4. The zero-order valence-electron chi connectivity index (χ0n) is 17.7. The summed E-state index contributed by atoms with van der Waals surface area (Å²) >= 11 is 3.34. The van der Waals surface area contributed by atoms with Crippen molar-refractivity contribution >= 4 is 32.9 Å². The molecule has 4 rings (SSSR count). The fourth-order valence-corrected chi connectivity index (χ4v) is 4.39. The fourth-order valence-electron chi connectivity index (χ4n) is 3.92. The van der Waals surface area contributed by atoms with Crippen LogP contribution in [0, 0.1) is 13.8 Å².